The Bertz CT molecular complexity index is 676. The second kappa shape index (κ2) is 7.23. The lowest BCUT2D eigenvalue weighted by Gasteiger charge is -2.10. The fourth-order valence-corrected chi connectivity index (χ4v) is 2.43. The van der Waals surface area contributed by atoms with Gasteiger partial charge in [-0.25, -0.2) is 0 Å². The van der Waals surface area contributed by atoms with Crippen molar-refractivity contribution in [1.82, 2.24) is 0 Å². The summed E-state index contributed by atoms with van der Waals surface area (Å²) in [5.41, 5.74) is 1.08. The van der Waals surface area contributed by atoms with Gasteiger partial charge in [0.1, 0.15) is 0 Å². The highest BCUT2D eigenvalue weighted by Gasteiger charge is 2.09. The first-order chi connectivity index (χ1) is 9.97. The summed E-state index contributed by atoms with van der Waals surface area (Å²) in [5, 5.41) is 7.23. The number of hydrogen-bond acceptors (Lipinski definition) is 2. The number of halogens is 4. The van der Waals surface area contributed by atoms with Crippen LogP contribution in [0.15, 0.2) is 36.4 Å². The molecular formula is C14H10Cl4N2O. The van der Waals surface area contributed by atoms with Crippen molar-refractivity contribution in [1.29, 1.82) is 0 Å². The highest BCUT2D eigenvalue weighted by atomic mass is 35.5. The third-order valence-electron chi connectivity index (χ3n) is 2.60. The minimum Gasteiger partial charge on any atom is -0.375 e. The molecule has 0 unspecified atom stereocenters. The predicted molar refractivity (Wildman–Crippen MR) is 90.0 cm³/mol. The molecule has 2 aromatic rings. The topological polar surface area (TPSA) is 41.1 Å². The molecule has 110 valence electrons. The highest BCUT2D eigenvalue weighted by Crippen LogP contribution is 2.29. The molecule has 2 aromatic carbocycles. The Hall–Kier alpha value is -1.13. The lowest BCUT2D eigenvalue weighted by Crippen LogP contribution is -2.22. The molecule has 0 saturated heterocycles. The van der Waals surface area contributed by atoms with Crippen molar-refractivity contribution in [3.63, 3.8) is 0 Å². The first-order valence-corrected chi connectivity index (χ1v) is 7.41. The van der Waals surface area contributed by atoms with E-state index >= 15 is 0 Å². The monoisotopic (exact) mass is 362 g/mol. The van der Waals surface area contributed by atoms with Gasteiger partial charge in [0.25, 0.3) is 0 Å². The van der Waals surface area contributed by atoms with Crippen LogP contribution in [0.25, 0.3) is 0 Å². The number of carbonyl (C=O) groups is 1. The van der Waals surface area contributed by atoms with E-state index in [-0.39, 0.29) is 12.5 Å². The van der Waals surface area contributed by atoms with E-state index in [1.54, 1.807) is 36.4 Å². The standard InChI is InChI=1S/C14H10Cl4N2O/c15-8-4-5-11(10(17)6-8)19-7-13(21)20-12-3-1-2-9(16)14(12)18/h1-6,19H,7H2,(H,20,21). The molecule has 7 heteroatoms. The first kappa shape index (κ1) is 16.2. The Morgan fingerprint density at radius 2 is 1.71 bits per heavy atom. The zero-order valence-electron chi connectivity index (χ0n) is 10.6. The van der Waals surface area contributed by atoms with Gasteiger partial charge in [0.2, 0.25) is 5.91 Å². The molecule has 0 aliphatic carbocycles. The van der Waals surface area contributed by atoms with E-state index in [9.17, 15) is 4.79 Å². The Morgan fingerprint density at radius 3 is 2.43 bits per heavy atom. The molecule has 2 rings (SSSR count). The molecule has 0 aliphatic rings. The van der Waals surface area contributed by atoms with Crippen LogP contribution in [0.3, 0.4) is 0 Å². The van der Waals surface area contributed by atoms with E-state index in [0.717, 1.165) is 0 Å². The number of nitrogens with one attached hydrogen (secondary N) is 2. The Morgan fingerprint density at radius 1 is 0.952 bits per heavy atom. The van der Waals surface area contributed by atoms with E-state index in [1.807, 2.05) is 0 Å². The number of amides is 1. The van der Waals surface area contributed by atoms with Crippen molar-refractivity contribution in [3.8, 4) is 0 Å². The molecule has 21 heavy (non-hydrogen) atoms. The van der Waals surface area contributed by atoms with E-state index in [1.165, 1.54) is 0 Å². The molecule has 0 aromatic heterocycles. The summed E-state index contributed by atoms with van der Waals surface area (Å²) >= 11 is 23.7. The van der Waals surface area contributed by atoms with Crippen LogP contribution in [-0.2, 0) is 4.79 Å². The lowest BCUT2D eigenvalue weighted by molar-refractivity contribution is -0.114. The van der Waals surface area contributed by atoms with Crippen LogP contribution in [0.2, 0.25) is 20.1 Å². The van der Waals surface area contributed by atoms with Gasteiger partial charge in [-0.3, -0.25) is 4.79 Å². The summed E-state index contributed by atoms with van der Waals surface area (Å²) < 4.78 is 0. The average Bonchev–Trinajstić information content (AvgIpc) is 2.43. The van der Waals surface area contributed by atoms with Crippen molar-refractivity contribution < 1.29 is 4.79 Å². The van der Waals surface area contributed by atoms with Gasteiger partial charge in [-0.05, 0) is 30.3 Å². The van der Waals surface area contributed by atoms with Crippen molar-refractivity contribution in [3.05, 3.63) is 56.5 Å². The van der Waals surface area contributed by atoms with E-state index in [2.05, 4.69) is 10.6 Å². The highest BCUT2D eigenvalue weighted by molar-refractivity contribution is 6.44. The number of carbonyl (C=O) groups excluding carboxylic acids is 1. The van der Waals surface area contributed by atoms with Gasteiger partial charge in [-0.15, -0.1) is 0 Å². The normalized spacial score (nSPS) is 10.3. The van der Waals surface area contributed by atoms with Crippen molar-refractivity contribution in [2.45, 2.75) is 0 Å². The quantitative estimate of drug-likeness (QED) is 0.768. The number of rotatable bonds is 4. The number of hydrogen-bond donors (Lipinski definition) is 2. The predicted octanol–water partition coefficient (Wildman–Crippen LogP) is 5.35. The zero-order chi connectivity index (χ0) is 15.4. The minimum absolute atomic E-state index is 0.0319. The second-order valence-corrected chi connectivity index (χ2v) is 5.76. The summed E-state index contributed by atoms with van der Waals surface area (Å²) in [6.07, 6.45) is 0. The Balaban J connectivity index is 1.97. The van der Waals surface area contributed by atoms with Crippen LogP contribution >= 0.6 is 46.4 Å². The van der Waals surface area contributed by atoms with Gasteiger partial charge in [0.15, 0.2) is 0 Å². The first-order valence-electron chi connectivity index (χ1n) is 5.90. The van der Waals surface area contributed by atoms with Gasteiger partial charge >= 0.3 is 0 Å². The van der Waals surface area contributed by atoms with Crippen LogP contribution in [0.1, 0.15) is 0 Å². The fourth-order valence-electron chi connectivity index (χ4n) is 1.60. The van der Waals surface area contributed by atoms with Crippen LogP contribution in [0.5, 0.6) is 0 Å². The van der Waals surface area contributed by atoms with Crippen molar-refractivity contribution >= 4 is 63.7 Å². The van der Waals surface area contributed by atoms with Gasteiger partial charge in [0, 0.05) is 5.02 Å². The largest absolute Gasteiger partial charge is 0.375 e. The van der Waals surface area contributed by atoms with E-state index < -0.39 is 0 Å². The van der Waals surface area contributed by atoms with Crippen LogP contribution in [-0.4, -0.2) is 12.5 Å². The molecular weight excluding hydrogens is 354 g/mol. The summed E-state index contributed by atoms with van der Waals surface area (Å²) in [4.78, 5) is 11.9. The van der Waals surface area contributed by atoms with E-state index in [0.29, 0.717) is 31.5 Å². The molecule has 0 bridgehead atoms. The zero-order valence-corrected chi connectivity index (χ0v) is 13.6. The molecule has 0 fully saturated rings. The van der Waals surface area contributed by atoms with Crippen molar-refractivity contribution in [2.75, 3.05) is 17.2 Å². The summed E-state index contributed by atoms with van der Waals surface area (Å²) in [6, 6.07) is 9.99. The van der Waals surface area contributed by atoms with Crippen LogP contribution in [0, 0.1) is 0 Å². The molecule has 1 amide bonds. The summed E-state index contributed by atoms with van der Waals surface area (Å²) in [6.45, 7) is 0.0319. The van der Waals surface area contributed by atoms with Gasteiger partial charge < -0.3 is 10.6 Å². The smallest absolute Gasteiger partial charge is 0.243 e. The molecule has 2 N–H and O–H groups in total. The minimum atomic E-state index is -0.273. The Labute approximate surface area is 142 Å². The van der Waals surface area contributed by atoms with Gasteiger partial charge in [0.05, 0.1) is 33.0 Å². The molecule has 0 saturated carbocycles. The van der Waals surface area contributed by atoms with Crippen LogP contribution < -0.4 is 10.6 Å². The SMILES string of the molecule is O=C(CNc1ccc(Cl)cc1Cl)Nc1cccc(Cl)c1Cl. The maximum absolute atomic E-state index is 11.9. The molecule has 0 atom stereocenters. The summed E-state index contributed by atoms with van der Waals surface area (Å²) in [7, 11) is 0. The molecule has 3 nitrogen and oxygen atoms in total. The summed E-state index contributed by atoms with van der Waals surface area (Å²) in [5.74, 6) is -0.273. The van der Waals surface area contributed by atoms with E-state index in [4.69, 9.17) is 46.4 Å². The lowest BCUT2D eigenvalue weighted by atomic mass is 10.3. The van der Waals surface area contributed by atoms with Gasteiger partial charge in [-0.2, -0.15) is 0 Å². The van der Waals surface area contributed by atoms with Crippen molar-refractivity contribution in [2.24, 2.45) is 0 Å². The number of benzene rings is 2. The fraction of sp³-hybridized carbons (Fsp3) is 0.0714. The molecule has 0 radical (unpaired) electrons. The maximum Gasteiger partial charge on any atom is 0.243 e. The Kier molecular flexibility index (Phi) is 5.59. The van der Waals surface area contributed by atoms with Gasteiger partial charge in [-0.1, -0.05) is 52.5 Å². The third kappa shape index (κ3) is 4.42. The molecule has 0 aliphatic heterocycles. The number of anilines is 2. The second-order valence-electron chi connectivity index (χ2n) is 4.13. The average molecular weight is 364 g/mol. The molecule has 0 heterocycles. The molecule has 0 spiro atoms. The third-order valence-corrected chi connectivity index (χ3v) is 3.96. The maximum atomic E-state index is 11.9. The van der Waals surface area contributed by atoms with Crippen LogP contribution in [0.4, 0.5) is 11.4 Å².